The molecule has 0 saturated carbocycles. The summed E-state index contributed by atoms with van der Waals surface area (Å²) in [4.78, 5) is 12.0. The van der Waals surface area contributed by atoms with E-state index in [1.165, 1.54) is 5.56 Å². The first-order chi connectivity index (χ1) is 12.0. The maximum absolute atomic E-state index is 12.0. The van der Waals surface area contributed by atoms with Gasteiger partial charge in [0, 0.05) is 19.8 Å². The molecule has 0 aliphatic heterocycles. The second-order valence-electron chi connectivity index (χ2n) is 6.12. The van der Waals surface area contributed by atoms with E-state index < -0.39 is 0 Å². The Morgan fingerprint density at radius 2 is 2.00 bits per heavy atom. The topological polar surface area (TPSA) is 76.8 Å². The van der Waals surface area contributed by atoms with E-state index in [0.717, 1.165) is 23.2 Å². The Balaban J connectivity index is 1.54. The van der Waals surface area contributed by atoms with Gasteiger partial charge in [-0.2, -0.15) is 10.2 Å². The van der Waals surface area contributed by atoms with E-state index in [1.807, 2.05) is 32.3 Å². The largest absolute Gasteiger partial charge is 0.338 e. The molecule has 1 aromatic carbocycles. The highest BCUT2D eigenvalue weighted by atomic mass is 16.2. The van der Waals surface area contributed by atoms with Crippen LogP contribution in [0.4, 0.5) is 10.5 Å². The van der Waals surface area contributed by atoms with Crippen LogP contribution in [0.1, 0.15) is 16.7 Å². The molecule has 0 aliphatic carbocycles. The van der Waals surface area contributed by atoms with Crippen molar-refractivity contribution >= 4 is 11.7 Å². The molecule has 2 N–H and O–H groups in total. The molecular weight excluding hydrogens is 316 g/mol. The zero-order valence-corrected chi connectivity index (χ0v) is 14.7. The number of urea groups is 1. The molecular formula is C18H22N6O. The molecule has 25 heavy (non-hydrogen) atoms. The summed E-state index contributed by atoms with van der Waals surface area (Å²) in [6, 6.07) is 5.93. The molecule has 3 rings (SSSR count). The van der Waals surface area contributed by atoms with Crippen LogP contribution in [0.2, 0.25) is 0 Å². The molecule has 0 radical (unpaired) electrons. The summed E-state index contributed by atoms with van der Waals surface area (Å²) in [5, 5.41) is 14.1. The number of nitrogens with one attached hydrogen (secondary N) is 2. The number of nitrogens with zero attached hydrogens (tertiary/aromatic N) is 4. The first-order valence-electron chi connectivity index (χ1n) is 8.16. The Morgan fingerprint density at radius 3 is 2.72 bits per heavy atom. The minimum Gasteiger partial charge on any atom is -0.338 e. The maximum Gasteiger partial charge on any atom is 0.319 e. The quantitative estimate of drug-likeness (QED) is 0.751. The van der Waals surface area contributed by atoms with E-state index >= 15 is 0 Å². The first kappa shape index (κ1) is 16.8. The number of rotatable bonds is 5. The second kappa shape index (κ2) is 7.21. The predicted molar refractivity (Wildman–Crippen MR) is 97.0 cm³/mol. The fourth-order valence-electron chi connectivity index (χ4n) is 2.68. The minimum atomic E-state index is -0.246. The van der Waals surface area contributed by atoms with Crippen molar-refractivity contribution in [1.29, 1.82) is 0 Å². The summed E-state index contributed by atoms with van der Waals surface area (Å²) in [7, 11) is 1.87. The summed E-state index contributed by atoms with van der Waals surface area (Å²) in [6.45, 7) is 4.65. The zero-order chi connectivity index (χ0) is 17.8. The third-order valence-electron chi connectivity index (χ3n) is 3.90. The van der Waals surface area contributed by atoms with Gasteiger partial charge in [-0.3, -0.25) is 4.68 Å². The molecule has 2 heterocycles. The van der Waals surface area contributed by atoms with E-state index in [9.17, 15) is 4.79 Å². The van der Waals surface area contributed by atoms with Crippen molar-refractivity contribution in [3.8, 4) is 5.69 Å². The Bertz CT molecular complexity index is 879. The Morgan fingerprint density at radius 1 is 1.16 bits per heavy atom. The summed E-state index contributed by atoms with van der Waals surface area (Å²) in [5.74, 6) is 0. The zero-order valence-electron chi connectivity index (χ0n) is 14.7. The van der Waals surface area contributed by atoms with Crippen molar-refractivity contribution in [2.75, 3.05) is 11.9 Å². The van der Waals surface area contributed by atoms with Gasteiger partial charge in [-0.25, -0.2) is 9.48 Å². The fraction of sp³-hybridized carbons (Fsp3) is 0.278. The first-order valence-corrected chi connectivity index (χ1v) is 8.16. The van der Waals surface area contributed by atoms with Crippen molar-refractivity contribution in [2.24, 2.45) is 7.05 Å². The second-order valence-corrected chi connectivity index (χ2v) is 6.12. The van der Waals surface area contributed by atoms with Crippen LogP contribution in [0, 0.1) is 13.8 Å². The van der Waals surface area contributed by atoms with Gasteiger partial charge in [0.2, 0.25) is 0 Å². The van der Waals surface area contributed by atoms with Crippen molar-refractivity contribution in [3.63, 3.8) is 0 Å². The molecule has 0 spiro atoms. The van der Waals surface area contributed by atoms with E-state index in [2.05, 4.69) is 33.8 Å². The van der Waals surface area contributed by atoms with Gasteiger partial charge in [0.1, 0.15) is 0 Å². The van der Waals surface area contributed by atoms with Gasteiger partial charge < -0.3 is 10.6 Å². The monoisotopic (exact) mass is 338 g/mol. The maximum atomic E-state index is 12.0. The molecule has 0 unspecified atom stereocenters. The van der Waals surface area contributed by atoms with Crippen LogP contribution in [0.15, 0.2) is 43.0 Å². The minimum absolute atomic E-state index is 0.246. The van der Waals surface area contributed by atoms with Crippen LogP contribution in [-0.4, -0.2) is 32.1 Å². The molecule has 0 bridgehead atoms. The summed E-state index contributed by atoms with van der Waals surface area (Å²) in [5.41, 5.74) is 5.08. The number of amides is 2. The van der Waals surface area contributed by atoms with E-state index in [4.69, 9.17) is 0 Å². The van der Waals surface area contributed by atoms with E-state index in [0.29, 0.717) is 12.2 Å². The highest BCUT2D eigenvalue weighted by Gasteiger charge is 2.07. The summed E-state index contributed by atoms with van der Waals surface area (Å²) < 4.78 is 3.51. The fourth-order valence-corrected chi connectivity index (χ4v) is 2.68. The van der Waals surface area contributed by atoms with Crippen LogP contribution in [0.5, 0.6) is 0 Å². The van der Waals surface area contributed by atoms with E-state index in [-0.39, 0.29) is 6.03 Å². The summed E-state index contributed by atoms with van der Waals surface area (Å²) >= 11 is 0. The molecule has 3 aromatic rings. The highest BCUT2D eigenvalue weighted by Crippen LogP contribution is 2.17. The molecule has 130 valence electrons. The standard InChI is InChI=1S/C18H22N6O/c1-13-4-5-17(14(2)8-13)24-12-16(10-21-24)22-18(25)19-7-6-15-9-20-23(3)11-15/h4-5,8-12H,6-7H2,1-3H3,(H2,19,22,25). The number of hydrogen-bond donors (Lipinski definition) is 2. The third kappa shape index (κ3) is 4.26. The van der Waals surface area contributed by atoms with Gasteiger partial charge in [0.25, 0.3) is 0 Å². The van der Waals surface area contributed by atoms with Crippen molar-refractivity contribution in [2.45, 2.75) is 20.3 Å². The number of carbonyl (C=O) groups is 1. The average Bonchev–Trinajstić information content (AvgIpc) is 3.16. The van der Waals surface area contributed by atoms with Gasteiger partial charge in [-0.05, 0) is 37.5 Å². The Labute approximate surface area is 146 Å². The van der Waals surface area contributed by atoms with E-state index in [1.54, 1.807) is 28.0 Å². The Kier molecular flexibility index (Phi) is 4.83. The number of aromatic nitrogens is 4. The third-order valence-corrected chi connectivity index (χ3v) is 3.90. The summed E-state index contributed by atoms with van der Waals surface area (Å²) in [6.07, 6.45) is 7.92. The average molecular weight is 338 g/mol. The normalized spacial score (nSPS) is 10.7. The number of anilines is 1. The smallest absolute Gasteiger partial charge is 0.319 e. The number of carbonyl (C=O) groups excluding carboxylic acids is 1. The molecule has 7 nitrogen and oxygen atoms in total. The van der Waals surface area contributed by atoms with Crippen LogP contribution >= 0.6 is 0 Å². The van der Waals surface area contributed by atoms with Gasteiger partial charge in [-0.15, -0.1) is 0 Å². The van der Waals surface area contributed by atoms with Crippen LogP contribution in [-0.2, 0) is 13.5 Å². The van der Waals surface area contributed by atoms with Gasteiger partial charge in [0.05, 0.1) is 30.0 Å². The lowest BCUT2D eigenvalue weighted by Crippen LogP contribution is -2.30. The van der Waals surface area contributed by atoms with Crippen molar-refractivity contribution < 1.29 is 4.79 Å². The van der Waals surface area contributed by atoms with Crippen molar-refractivity contribution in [3.05, 3.63) is 59.7 Å². The van der Waals surface area contributed by atoms with Crippen LogP contribution < -0.4 is 10.6 Å². The van der Waals surface area contributed by atoms with Crippen molar-refractivity contribution in [1.82, 2.24) is 24.9 Å². The molecule has 7 heteroatoms. The van der Waals surface area contributed by atoms with Crippen LogP contribution in [0.3, 0.4) is 0 Å². The molecule has 0 aliphatic rings. The van der Waals surface area contributed by atoms with Gasteiger partial charge in [-0.1, -0.05) is 17.7 Å². The predicted octanol–water partition coefficient (Wildman–Crippen LogP) is 2.59. The lowest BCUT2D eigenvalue weighted by atomic mass is 10.1. The van der Waals surface area contributed by atoms with Gasteiger partial charge in [0.15, 0.2) is 0 Å². The Hall–Kier alpha value is -3.09. The molecule has 2 amide bonds. The number of aryl methyl sites for hydroxylation is 3. The lowest BCUT2D eigenvalue weighted by molar-refractivity contribution is 0.252. The highest BCUT2D eigenvalue weighted by molar-refractivity contribution is 5.88. The van der Waals surface area contributed by atoms with Gasteiger partial charge >= 0.3 is 6.03 Å². The molecule has 2 aromatic heterocycles. The lowest BCUT2D eigenvalue weighted by Gasteiger charge is -2.07. The number of benzene rings is 1. The van der Waals surface area contributed by atoms with Crippen LogP contribution in [0.25, 0.3) is 5.69 Å². The molecule has 0 fully saturated rings. The number of hydrogen-bond acceptors (Lipinski definition) is 3. The SMILES string of the molecule is Cc1ccc(-n2cc(NC(=O)NCCc3cnn(C)c3)cn2)c(C)c1. The molecule has 0 saturated heterocycles. The molecule has 0 atom stereocenters.